The first-order chi connectivity index (χ1) is 7.47. The molecule has 0 fully saturated rings. The van der Waals surface area contributed by atoms with Crippen molar-refractivity contribution >= 4 is 28.3 Å². The van der Waals surface area contributed by atoms with Gasteiger partial charge >= 0.3 is 0 Å². The van der Waals surface area contributed by atoms with Gasteiger partial charge in [-0.05, 0) is 6.92 Å². The molecule has 1 aromatic heterocycles. The molecule has 2 amide bonds. The Labute approximate surface area is 97.0 Å². The van der Waals surface area contributed by atoms with E-state index in [4.69, 9.17) is 11.5 Å². The molecule has 0 bridgehead atoms. The van der Waals surface area contributed by atoms with E-state index in [2.05, 4.69) is 10.3 Å². The third kappa shape index (κ3) is 4.26. The van der Waals surface area contributed by atoms with Gasteiger partial charge in [0.15, 0.2) is 5.13 Å². The van der Waals surface area contributed by atoms with Crippen LogP contribution in [0.1, 0.15) is 19.0 Å². The predicted molar refractivity (Wildman–Crippen MR) is 61.6 cm³/mol. The van der Waals surface area contributed by atoms with E-state index in [1.54, 1.807) is 12.3 Å². The summed E-state index contributed by atoms with van der Waals surface area (Å²) in [5, 5.41) is 4.82. The van der Waals surface area contributed by atoms with Gasteiger partial charge in [-0.1, -0.05) is 0 Å². The van der Waals surface area contributed by atoms with E-state index in [0.29, 0.717) is 10.8 Å². The second kappa shape index (κ2) is 5.45. The highest BCUT2D eigenvalue weighted by atomic mass is 32.1. The van der Waals surface area contributed by atoms with Gasteiger partial charge in [-0.2, -0.15) is 0 Å². The Morgan fingerprint density at radius 2 is 2.31 bits per heavy atom. The molecule has 16 heavy (non-hydrogen) atoms. The zero-order chi connectivity index (χ0) is 12.1. The molecular formula is C9H14N4O2S. The minimum atomic E-state index is -0.439. The fourth-order valence-electron chi connectivity index (χ4n) is 1.25. The van der Waals surface area contributed by atoms with Crippen LogP contribution >= 0.6 is 11.3 Å². The van der Waals surface area contributed by atoms with Crippen LogP contribution in [0, 0.1) is 0 Å². The highest BCUT2D eigenvalue weighted by molar-refractivity contribution is 7.13. The van der Waals surface area contributed by atoms with Gasteiger partial charge in [0.2, 0.25) is 11.8 Å². The van der Waals surface area contributed by atoms with Crippen LogP contribution in [0.5, 0.6) is 0 Å². The summed E-state index contributed by atoms with van der Waals surface area (Å²) in [7, 11) is 0. The van der Waals surface area contributed by atoms with Gasteiger partial charge in [0.05, 0.1) is 12.1 Å². The molecule has 1 heterocycles. The van der Waals surface area contributed by atoms with Crippen LogP contribution in [0.4, 0.5) is 5.13 Å². The lowest BCUT2D eigenvalue weighted by molar-refractivity contribution is -0.121. The van der Waals surface area contributed by atoms with Gasteiger partial charge in [0, 0.05) is 17.8 Å². The van der Waals surface area contributed by atoms with Gasteiger partial charge in [-0.15, -0.1) is 11.3 Å². The number of nitrogens with one attached hydrogen (secondary N) is 1. The Morgan fingerprint density at radius 3 is 2.81 bits per heavy atom. The molecule has 1 aromatic rings. The normalized spacial score (nSPS) is 12.1. The number of primary amides is 1. The lowest BCUT2D eigenvalue weighted by atomic mass is 10.2. The van der Waals surface area contributed by atoms with E-state index in [9.17, 15) is 9.59 Å². The van der Waals surface area contributed by atoms with Crippen molar-refractivity contribution in [2.45, 2.75) is 25.8 Å². The Bertz CT molecular complexity index is 391. The Balaban J connectivity index is 2.38. The van der Waals surface area contributed by atoms with E-state index in [1.807, 2.05) is 0 Å². The summed E-state index contributed by atoms with van der Waals surface area (Å²) < 4.78 is 0. The second-order valence-electron chi connectivity index (χ2n) is 3.49. The lowest BCUT2D eigenvalue weighted by Crippen LogP contribution is -2.36. The van der Waals surface area contributed by atoms with Gasteiger partial charge in [-0.25, -0.2) is 4.98 Å². The number of carbonyl (C=O) groups excluding carboxylic acids is 2. The number of nitrogens with zero attached hydrogens (tertiary/aromatic N) is 1. The third-order valence-electron chi connectivity index (χ3n) is 1.83. The molecule has 0 aliphatic carbocycles. The minimum Gasteiger partial charge on any atom is -0.375 e. The number of nitrogens with two attached hydrogens (primary N) is 2. The Morgan fingerprint density at radius 1 is 1.62 bits per heavy atom. The molecule has 88 valence electrons. The standard InChI is InChI=1S/C9H14N4O2S/c1-5(2-7(10)14)12-8(15)3-6-4-16-9(11)13-6/h4-5H,2-3H2,1H3,(H2,10,14)(H2,11,13)(H,12,15). The quantitative estimate of drug-likeness (QED) is 0.655. The fraction of sp³-hybridized carbons (Fsp3) is 0.444. The monoisotopic (exact) mass is 242 g/mol. The molecule has 5 N–H and O–H groups in total. The molecular weight excluding hydrogens is 228 g/mol. The average Bonchev–Trinajstić information content (AvgIpc) is 2.48. The maximum Gasteiger partial charge on any atom is 0.226 e. The van der Waals surface area contributed by atoms with Gasteiger partial charge in [0.25, 0.3) is 0 Å². The topological polar surface area (TPSA) is 111 Å². The van der Waals surface area contributed by atoms with Crippen molar-refractivity contribution in [3.05, 3.63) is 11.1 Å². The van der Waals surface area contributed by atoms with Crippen molar-refractivity contribution in [2.24, 2.45) is 5.73 Å². The molecule has 0 radical (unpaired) electrons. The van der Waals surface area contributed by atoms with Crippen LogP contribution in [-0.2, 0) is 16.0 Å². The van der Waals surface area contributed by atoms with E-state index in [0.717, 1.165) is 0 Å². The summed E-state index contributed by atoms with van der Waals surface area (Å²) >= 11 is 1.29. The second-order valence-corrected chi connectivity index (χ2v) is 4.38. The van der Waals surface area contributed by atoms with E-state index in [-0.39, 0.29) is 24.8 Å². The van der Waals surface area contributed by atoms with Crippen LogP contribution in [0.2, 0.25) is 0 Å². The van der Waals surface area contributed by atoms with Crippen molar-refractivity contribution in [3.8, 4) is 0 Å². The number of hydrogen-bond donors (Lipinski definition) is 3. The van der Waals surface area contributed by atoms with Gasteiger partial charge in [0.1, 0.15) is 0 Å². The van der Waals surface area contributed by atoms with Crippen molar-refractivity contribution < 1.29 is 9.59 Å². The SMILES string of the molecule is CC(CC(N)=O)NC(=O)Cc1csc(N)n1. The smallest absolute Gasteiger partial charge is 0.226 e. The zero-order valence-electron chi connectivity index (χ0n) is 8.90. The molecule has 0 aromatic carbocycles. The Kier molecular flexibility index (Phi) is 4.24. The summed E-state index contributed by atoms with van der Waals surface area (Å²) in [6.07, 6.45) is 0.293. The van der Waals surface area contributed by atoms with Crippen molar-refractivity contribution in [2.75, 3.05) is 5.73 Å². The first-order valence-electron chi connectivity index (χ1n) is 4.75. The molecule has 7 heteroatoms. The zero-order valence-corrected chi connectivity index (χ0v) is 9.71. The molecule has 0 aliphatic heterocycles. The predicted octanol–water partition coefficient (Wildman–Crippen LogP) is -0.352. The third-order valence-corrected chi connectivity index (χ3v) is 2.55. The van der Waals surface area contributed by atoms with Crippen LogP contribution < -0.4 is 16.8 Å². The molecule has 0 saturated carbocycles. The number of amides is 2. The highest BCUT2D eigenvalue weighted by Gasteiger charge is 2.11. The fourth-order valence-corrected chi connectivity index (χ4v) is 1.81. The highest BCUT2D eigenvalue weighted by Crippen LogP contribution is 2.11. The first kappa shape index (κ1) is 12.4. The molecule has 1 unspecified atom stereocenters. The number of aromatic nitrogens is 1. The van der Waals surface area contributed by atoms with Crippen molar-refractivity contribution in [1.29, 1.82) is 0 Å². The van der Waals surface area contributed by atoms with Gasteiger partial charge in [-0.3, -0.25) is 9.59 Å². The summed E-state index contributed by atoms with van der Waals surface area (Å²) in [5.41, 5.74) is 11.1. The van der Waals surface area contributed by atoms with Crippen molar-refractivity contribution in [3.63, 3.8) is 0 Å². The summed E-state index contributed by atoms with van der Waals surface area (Å²) in [4.78, 5) is 26.0. The van der Waals surface area contributed by atoms with Crippen LogP contribution in [0.15, 0.2) is 5.38 Å². The Hall–Kier alpha value is -1.63. The van der Waals surface area contributed by atoms with E-state index >= 15 is 0 Å². The van der Waals surface area contributed by atoms with E-state index < -0.39 is 5.91 Å². The summed E-state index contributed by atoms with van der Waals surface area (Å²) in [5.74, 6) is -0.634. The van der Waals surface area contributed by atoms with Crippen LogP contribution in [0.3, 0.4) is 0 Å². The molecule has 0 aliphatic rings. The maximum atomic E-state index is 11.5. The van der Waals surface area contributed by atoms with Crippen LogP contribution in [-0.4, -0.2) is 22.8 Å². The molecule has 0 spiro atoms. The number of thiazole rings is 1. The van der Waals surface area contributed by atoms with Crippen LogP contribution in [0.25, 0.3) is 0 Å². The number of anilines is 1. The number of rotatable bonds is 5. The first-order valence-corrected chi connectivity index (χ1v) is 5.63. The lowest BCUT2D eigenvalue weighted by Gasteiger charge is -2.10. The summed E-state index contributed by atoms with van der Waals surface area (Å²) in [6, 6.07) is -0.263. The molecule has 1 atom stereocenters. The molecule has 1 rings (SSSR count). The number of nitrogen functional groups attached to an aromatic ring is 1. The van der Waals surface area contributed by atoms with E-state index in [1.165, 1.54) is 11.3 Å². The average molecular weight is 242 g/mol. The minimum absolute atomic E-state index is 0.130. The molecule has 0 saturated heterocycles. The number of carbonyl (C=O) groups is 2. The summed E-state index contributed by atoms with van der Waals surface area (Å²) in [6.45, 7) is 1.72. The number of hydrogen-bond acceptors (Lipinski definition) is 5. The van der Waals surface area contributed by atoms with Crippen molar-refractivity contribution in [1.82, 2.24) is 10.3 Å². The maximum absolute atomic E-state index is 11.5. The molecule has 6 nitrogen and oxygen atoms in total. The van der Waals surface area contributed by atoms with Gasteiger partial charge < -0.3 is 16.8 Å². The largest absolute Gasteiger partial charge is 0.375 e.